The van der Waals surface area contributed by atoms with Crippen molar-refractivity contribution in [1.29, 1.82) is 0 Å². The van der Waals surface area contributed by atoms with E-state index in [2.05, 4.69) is 15.4 Å². The largest absolute Gasteiger partial charge is 0.478 e. The highest BCUT2D eigenvalue weighted by atomic mass is 35.5. The highest BCUT2D eigenvalue weighted by molar-refractivity contribution is 6.30. The van der Waals surface area contributed by atoms with Gasteiger partial charge in [-0.15, -0.1) is 0 Å². The van der Waals surface area contributed by atoms with Gasteiger partial charge in [0.1, 0.15) is 5.75 Å². The second-order valence-corrected chi connectivity index (χ2v) is 7.28. The van der Waals surface area contributed by atoms with Crippen LogP contribution in [0.3, 0.4) is 0 Å². The summed E-state index contributed by atoms with van der Waals surface area (Å²) in [6.45, 7) is 7.50. The van der Waals surface area contributed by atoms with E-state index in [0.717, 1.165) is 11.0 Å². The lowest BCUT2D eigenvalue weighted by Gasteiger charge is -2.25. The predicted octanol–water partition coefficient (Wildman–Crippen LogP) is 4.46. The van der Waals surface area contributed by atoms with Crippen LogP contribution in [0.5, 0.6) is 5.75 Å². The van der Waals surface area contributed by atoms with Crippen LogP contribution in [0, 0.1) is 0 Å². The number of hydrogen-bond donors (Lipinski definition) is 1. The van der Waals surface area contributed by atoms with Gasteiger partial charge in [0.2, 0.25) is 0 Å². The molecule has 6 nitrogen and oxygen atoms in total. The van der Waals surface area contributed by atoms with Crippen molar-refractivity contribution in [2.24, 2.45) is 0 Å². The van der Waals surface area contributed by atoms with E-state index in [1.54, 1.807) is 50.5 Å². The summed E-state index contributed by atoms with van der Waals surface area (Å²) in [5, 5.41) is 8.67. The Labute approximate surface area is 157 Å². The Balaban J connectivity index is 1.75. The number of anilines is 1. The second kappa shape index (κ2) is 6.96. The van der Waals surface area contributed by atoms with Crippen molar-refractivity contribution in [2.75, 3.05) is 5.32 Å². The molecule has 26 heavy (non-hydrogen) atoms. The lowest BCUT2D eigenvalue weighted by molar-refractivity contribution is -0.128. The molecular formula is C19H21ClN4O2. The minimum absolute atomic E-state index is 0.215. The third-order valence-electron chi connectivity index (χ3n) is 3.91. The minimum atomic E-state index is -1.06. The molecule has 0 unspecified atom stereocenters. The van der Waals surface area contributed by atoms with E-state index in [1.165, 1.54) is 0 Å². The van der Waals surface area contributed by atoms with E-state index < -0.39 is 5.60 Å². The van der Waals surface area contributed by atoms with Gasteiger partial charge >= 0.3 is 0 Å². The van der Waals surface area contributed by atoms with Crippen LogP contribution in [-0.2, 0) is 4.79 Å². The fourth-order valence-electron chi connectivity index (χ4n) is 2.51. The zero-order valence-corrected chi connectivity index (χ0v) is 15.9. The molecule has 1 amide bonds. The smallest absolute Gasteiger partial charge is 0.268 e. The molecule has 0 aliphatic heterocycles. The number of amides is 1. The average Bonchev–Trinajstić information content (AvgIpc) is 3.00. The van der Waals surface area contributed by atoms with Crippen LogP contribution in [-0.4, -0.2) is 26.3 Å². The molecule has 2 aromatic heterocycles. The molecular weight excluding hydrogens is 352 g/mol. The molecule has 0 radical (unpaired) electrons. The highest BCUT2D eigenvalue weighted by Gasteiger charge is 2.30. The minimum Gasteiger partial charge on any atom is -0.478 e. The van der Waals surface area contributed by atoms with E-state index in [4.69, 9.17) is 16.3 Å². The zero-order chi connectivity index (χ0) is 18.9. The molecule has 0 saturated carbocycles. The van der Waals surface area contributed by atoms with E-state index in [1.807, 2.05) is 24.6 Å². The topological polar surface area (TPSA) is 69.0 Å². The number of fused-ring (bicyclic) bond motifs is 1. The monoisotopic (exact) mass is 372 g/mol. The highest BCUT2D eigenvalue weighted by Crippen LogP contribution is 2.23. The number of hydrogen-bond acceptors (Lipinski definition) is 4. The fraction of sp³-hybridized carbons (Fsp3) is 0.316. The third-order valence-corrected chi connectivity index (χ3v) is 4.17. The molecule has 0 fully saturated rings. The van der Waals surface area contributed by atoms with Crippen molar-refractivity contribution in [2.45, 2.75) is 39.3 Å². The Morgan fingerprint density at radius 2 is 1.92 bits per heavy atom. The molecule has 0 atom stereocenters. The lowest BCUT2D eigenvalue weighted by Crippen LogP contribution is -2.42. The first-order valence-corrected chi connectivity index (χ1v) is 8.73. The van der Waals surface area contributed by atoms with Crippen LogP contribution < -0.4 is 10.1 Å². The van der Waals surface area contributed by atoms with Gasteiger partial charge in [-0.05, 0) is 58.0 Å². The normalized spacial score (nSPS) is 11.8. The molecule has 0 aliphatic carbocycles. The summed E-state index contributed by atoms with van der Waals surface area (Å²) in [4.78, 5) is 17.1. The van der Waals surface area contributed by atoms with E-state index in [9.17, 15) is 4.79 Å². The average molecular weight is 373 g/mol. The van der Waals surface area contributed by atoms with Gasteiger partial charge in [-0.3, -0.25) is 4.79 Å². The van der Waals surface area contributed by atoms with Gasteiger partial charge in [0.05, 0.1) is 18.1 Å². The van der Waals surface area contributed by atoms with Crippen LogP contribution in [0.4, 0.5) is 5.69 Å². The Bertz CT molecular complexity index is 932. The summed E-state index contributed by atoms with van der Waals surface area (Å²) < 4.78 is 7.65. The number of nitrogens with one attached hydrogen (secondary N) is 1. The standard InChI is InChI=1S/C19H21ClN4O2/c1-12(2)24-17-13(10-22-24)9-15(11-21-17)23-18(25)19(3,4)26-16-7-5-14(20)6-8-16/h5-12H,1-4H3,(H,23,25). The number of nitrogens with zero attached hydrogens (tertiary/aromatic N) is 3. The fourth-order valence-corrected chi connectivity index (χ4v) is 2.64. The first-order chi connectivity index (χ1) is 12.3. The zero-order valence-electron chi connectivity index (χ0n) is 15.2. The summed E-state index contributed by atoms with van der Waals surface area (Å²) in [6, 6.07) is 8.96. The van der Waals surface area contributed by atoms with Gasteiger partial charge in [-0.25, -0.2) is 9.67 Å². The van der Waals surface area contributed by atoms with Gasteiger partial charge in [0, 0.05) is 16.5 Å². The molecule has 0 aliphatic rings. The first kappa shape index (κ1) is 18.2. The number of pyridine rings is 1. The van der Waals surface area contributed by atoms with E-state index >= 15 is 0 Å². The maximum Gasteiger partial charge on any atom is 0.268 e. The number of benzene rings is 1. The third kappa shape index (κ3) is 3.80. The Morgan fingerprint density at radius 3 is 2.58 bits per heavy atom. The number of rotatable bonds is 5. The lowest BCUT2D eigenvalue weighted by atomic mass is 10.1. The van der Waals surface area contributed by atoms with Crippen LogP contribution in [0.2, 0.25) is 5.02 Å². The van der Waals surface area contributed by atoms with Crippen molar-refractivity contribution in [3.63, 3.8) is 0 Å². The van der Waals surface area contributed by atoms with Gasteiger partial charge in [0.15, 0.2) is 11.2 Å². The van der Waals surface area contributed by atoms with Crippen molar-refractivity contribution < 1.29 is 9.53 Å². The molecule has 3 rings (SSSR count). The maximum atomic E-state index is 12.6. The molecule has 2 heterocycles. The summed E-state index contributed by atoms with van der Waals surface area (Å²) >= 11 is 5.87. The van der Waals surface area contributed by atoms with Gasteiger partial charge in [0.25, 0.3) is 5.91 Å². The van der Waals surface area contributed by atoms with Crippen molar-refractivity contribution >= 4 is 34.2 Å². The summed E-state index contributed by atoms with van der Waals surface area (Å²) in [5.41, 5.74) is 0.318. The number of halogens is 1. The number of aromatic nitrogens is 3. The van der Waals surface area contributed by atoms with Crippen LogP contribution in [0.15, 0.2) is 42.7 Å². The summed E-state index contributed by atoms with van der Waals surface area (Å²) in [5.74, 6) is 0.297. The Hall–Kier alpha value is -2.60. The quantitative estimate of drug-likeness (QED) is 0.717. The Kier molecular flexibility index (Phi) is 4.87. The molecule has 0 spiro atoms. The summed E-state index contributed by atoms with van der Waals surface area (Å²) in [7, 11) is 0. The number of ether oxygens (including phenoxy) is 1. The van der Waals surface area contributed by atoms with Crippen LogP contribution in [0.1, 0.15) is 33.7 Å². The Morgan fingerprint density at radius 1 is 1.23 bits per heavy atom. The van der Waals surface area contributed by atoms with Gasteiger partial charge < -0.3 is 10.1 Å². The molecule has 0 bridgehead atoms. The SMILES string of the molecule is CC(C)n1ncc2cc(NC(=O)C(C)(C)Oc3ccc(Cl)cc3)cnc21. The van der Waals surface area contributed by atoms with Crippen LogP contribution >= 0.6 is 11.6 Å². The number of carbonyl (C=O) groups is 1. The molecule has 3 aromatic rings. The predicted molar refractivity (Wildman–Crippen MR) is 103 cm³/mol. The van der Waals surface area contributed by atoms with Gasteiger partial charge in [-0.1, -0.05) is 11.6 Å². The van der Waals surface area contributed by atoms with Gasteiger partial charge in [-0.2, -0.15) is 5.10 Å². The molecule has 136 valence electrons. The molecule has 7 heteroatoms. The summed E-state index contributed by atoms with van der Waals surface area (Å²) in [6.07, 6.45) is 3.37. The molecule has 1 aromatic carbocycles. The van der Waals surface area contributed by atoms with E-state index in [0.29, 0.717) is 16.5 Å². The van der Waals surface area contributed by atoms with Crippen LogP contribution in [0.25, 0.3) is 11.0 Å². The second-order valence-electron chi connectivity index (χ2n) is 6.84. The first-order valence-electron chi connectivity index (χ1n) is 8.35. The van der Waals surface area contributed by atoms with Crippen molar-refractivity contribution in [3.05, 3.63) is 47.7 Å². The maximum absolute atomic E-state index is 12.6. The van der Waals surface area contributed by atoms with Crippen molar-refractivity contribution in [3.8, 4) is 5.75 Å². The molecule has 0 saturated heterocycles. The number of carbonyl (C=O) groups excluding carboxylic acids is 1. The molecule has 1 N–H and O–H groups in total. The van der Waals surface area contributed by atoms with Crippen molar-refractivity contribution in [1.82, 2.24) is 14.8 Å². The van der Waals surface area contributed by atoms with E-state index in [-0.39, 0.29) is 11.9 Å².